The lowest BCUT2D eigenvalue weighted by Crippen LogP contribution is -2.41. The van der Waals surface area contributed by atoms with Gasteiger partial charge in [0.25, 0.3) is 0 Å². The quantitative estimate of drug-likeness (QED) is 0.809. The third-order valence-electron chi connectivity index (χ3n) is 4.92. The molecule has 1 atom stereocenters. The highest BCUT2D eigenvalue weighted by Crippen LogP contribution is 2.33. The van der Waals surface area contributed by atoms with E-state index in [9.17, 15) is 4.79 Å². The van der Waals surface area contributed by atoms with Crippen molar-refractivity contribution in [1.29, 1.82) is 0 Å². The predicted molar refractivity (Wildman–Crippen MR) is 82.3 cm³/mol. The number of benzene rings is 1. The molecule has 1 aliphatic carbocycles. The van der Waals surface area contributed by atoms with Crippen LogP contribution >= 0.6 is 0 Å². The first-order valence-corrected chi connectivity index (χ1v) is 7.99. The zero-order valence-corrected chi connectivity index (χ0v) is 12.8. The number of amides is 1. The van der Waals surface area contributed by atoms with Gasteiger partial charge in [0.2, 0.25) is 5.91 Å². The lowest BCUT2D eigenvalue weighted by atomic mass is 9.82. The smallest absolute Gasteiger partial charge is 0.230 e. The molecule has 0 N–H and O–H groups in total. The number of fused-ring (bicyclic) bond motifs is 2. The minimum absolute atomic E-state index is 0.0144. The number of carbonyl (C=O) groups excluding carboxylic acids is 1. The fourth-order valence-corrected chi connectivity index (χ4v) is 3.72. The van der Waals surface area contributed by atoms with Crippen molar-refractivity contribution in [2.75, 3.05) is 6.54 Å². The minimum Gasteiger partial charge on any atom is -0.333 e. The molecule has 5 heteroatoms. The van der Waals surface area contributed by atoms with Crippen molar-refractivity contribution in [2.24, 2.45) is 0 Å². The van der Waals surface area contributed by atoms with E-state index in [4.69, 9.17) is 0 Å². The van der Waals surface area contributed by atoms with Crippen LogP contribution in [0.25, 0.3) is 0 Å². The van der Waals surface area contributed by atoms with Crippen molar-refractivity contribution in [1.82, 2.24) is 19.7 Å². The maximum atomic E-state index is 13.0. The van der Waals surface area contributed by atoms with E-state index in [1.54, 1.807) is 0 Å². The molecule has 2 heterocycles. The van der Waals surface area contributed by atoms with Gasteiger partial charge in [-0.2, -0.15) is 0 Å². The molecule has 114 valence electrons. The number of hydrogen-bond donors (Lipinski definition) is 0. The van der Waals surface area contributed by atoms with E-state index in [2.05, 4.69) is 33.0 Å². The Hall–Kier alpha value is -2.17. The Balaban J connectivity index is 1.59. The highest BCUT2D eigenvalue weighted by Gasteiger charge is 2.32. The summed E-state index contributed by atoms with van der Waals surface area (Å²) in [7, 11) is 0. The molecule has 0 radical (unpaired) electrons. The first-order chi connectivity index (χ1) is 10.7. The Morgan fingerprint density at radius 2 is 2.09 bits per heavy atom. The average Bonchev–Trinajstić information content (AvgIpc) is 2.94. The predicted octanol–water partition coefficient (Wildman–Crippen LogP) is 2.05. The summed E-state index contributed by atoms with van der Waals surface area (Å²) < 4.78 is 2.11. The molecule has 5 nitrogen and oxygen atoms in total. The third-order valence-corrected chi connectivity index (χ3v) is 4.92. The molecular weight excluding hydrogens is 276 g/mol. The number of carbonyl (C=O) groups is 1. The van der Waals surface area contributed by atoms with Gasteiger partial charge in [0, 0.05) is 13.1 Å². The Morgan fingerprint density at radius 1 is 1.23 bits per heavy atom. The van der Waals surface area contributed by atoms with E-state index in [1.165, 1.54) is 11.1 Å². The van der Waals surface area contributed by atoms with Crippen LogP contribution in [0.15, 0.2) is 24.3 Å². The molecule has 1 aliphatic heterocycles. The van der Waals surface area contributed by atoms with Gasteiger partial charge in [-0.3, -0.25) is 4.79 Å². The van der Waals surface area contributed by atoms with Crippen LogP contribution < -0.4 is 0 Å². The van der Waals surface area contributed by atoms with Gasteiger partial charge in [-0.05, 0) is 37.3 Å². The molecule has 0 fully saturated rings. The van der Waals surface area contributed by atoms with Gasteiger partial charge in [0.15, 0.2) is 5.82 Å². The fraction of sp³-hybridized carbons (Fsp3) is 0.471. The van der Waals surface area contributed by atoms with Crippen LogP contribution in [0.5, 0.6) is 0 Å². The maximum absolute atomic E-state index is 13.0. The first kappa shape index (κ1) is 13.5. The van der Waals surface area contributed by atoms with Gasteiger partial charge in [0.05, 0.1) is 12.5 Å². The summed E-state index contributed by atoms with van der Waals surface area (Å²) in [5, 5.41) is 8.31. The summed E-state index contributed by atoms with van der Waals surface area (Å²) in [5.74, 6) is 2.10. The fourth-order valence-electron chi connectivity index (χ4n) is 3.72. The maximum Gasteiger partial charge on any atom is 0.230 e. The first-order valence-electron chi connectivity index (χ1n) is 7.99. The van der Waals surface area contributed by atoms with Crippen molar-refractivity contribution < 1.29 is 4.79 Å². The van der Waals surface area contributed by atoms with Gasteiger partial charge in [0.1, 0.15) is 5.82 Å². The number of aromatic nitrogens is 3. The molecule has 2 aromatic rings. The summed E-state index contributed by atoms with van der Waals surface area (Å²) >= 11 is 0. The van der Waals surface area contributed by atoms with Crippen LogP contribution in [0.1, 0.15) is 41.5 Å². The van der Waals surface area contributed by atoms with Crippen molar-refractivity contribution in [3.63, 3.8) is 0 Å². The molecule has 0 spiro atoms. The Labute approximate surface area is 130 Å². The van der Waals surface area contributed by atoms with Crippen LogP contribution in [0, 0.1) is 6.92 Å². The Morgan fingerprint density at radius 3 is 3.00 bits per heavy atom. The third kappa shape index (κ3) is 2.12. The van der Waals surface area contributed by atoms with Crippen LogP contribution in [0.4, 0.5) is 0 Å². The summed E-state index contributed by atoms with van der Waals surface area (Å²) in [4.78, 5) is 15.0. The summed E-state index contributed by atoms with van der Waals surface area (Å²) in [6.07, 6.45) is 3.14. The molecule has 0 unspecified atom stereocenters. The topological polar surface area (TPSA) is 51.0 Å². The summed E-state index contributed by atoms with van der Waals surface area (Å²) in [5.41, 5.74) is 2.56. The molecule has 2 aliphatic rings. The molecule has 0 saturated carbocycles. The largest absolute Gasteiger partial charge is 0.333 e. The lowest BCUT2D eigenvalue weighted by molar-refractivity contribution is -0.134. The minimum atomic E-state index is 0.0144. The van der Waals surface area contributed by atoms with Crippen LogP contribution in [0.2, 0.25) is 0 Å². The molecule has 0 bridgehead atoms. The number of aryl methyl sites for hydroxylation is 2. The van der Waals surface area contributed by atoms with E-state index in [0.717, 1.165) is 44.0 Å². The molecule has 0 saturated heterocycles. The molecule has 4 rings (SSSR count). The van der Waals surface area contributed by atoms with Gasteiger partial charge >= 0.3 is 0 Å². The second kappa shape index (κ2) is 5.23. The molecule has 22 heavy (non-hydrogen) atoms. The van der Waals surface area contributed by atoms with Crippen molar-refractivity contribution in [2.45, 2.75) is 45.2 Å². The normalized spacial score (nSPS) is 20.4. The number of rotatable bonds is 1. The number of hydrogen-bond acceptors (Lipinski definition) is 3. The molecular formula is C17H20N4O. The zero-order valence-electron chi connectivity index (χ0n) is 12.8. The van der Waals surface area contributed by atoms with Crippen LogP contribution in [-0.4, -0.2) is 32.1 Å². The SMILES string of the molecule is Cc1nnc2n1CCN(C(=O)[C@H]1CCCc3ccccc31)C2. The molecule has 1 aromatic carbocycles. The van der Waals surface area contributed by atoms with E-state index in [-0.39, 0.29) is 11.8 Å². The summed E-state index contributed by atoms with van der Waals surface area (Å²) in [6, 6.07) is 8.39. The summed E-state index contributed by atoms with van der Waals surface area (Å²) in [6.45, 7) is 4.10. The highest BCUT2D eigenvalue weighted by atomic mass is 16.2. The molecule has 1 aromatic heterocycles. The second-order valence-corrected chi connectivity index (χ2v) is 6.22. The van der Waals surface area contributed by atoms with E-state index in [0.29, 0.717) is 6.54 Å². The molecule has 1 amide bonds. The highest BCUT2D eigenvalue weighted by molar-refractivity contribution is 5.84. The number of nitrogens with zero attached hydrogens (tertiary/aromatic N) is 4. The van der Waals surface area contributed by atoms with Crippen molar-refractivity contribution in [3.05, 3.63) is 47.0 Å². The second-order valence-electron chi connectivity index (χ2n) is 6.22. The monoisotopic (exact) mass is 296 g/mol. The van der Waals surface area contributed by atoms with Crippen LogP contribution in [-0.2, 0) is 24.3 Å². The lowest BCUT2D eigenvalue weighted by Gasteiger charge is -2.33. The van der Waals surface area contributed by atoms with Gasteiger partial charge in [-0.15, -0.1) is 10.2 Å². The Kier molecular flexibility index (Phi) is 3.21. The van der Waals surface area contributed by atoms with E-state index >= 15 is 0 Å². The van der Waals surface area contributed by atoms with Crippen LogP contribution in [0.3, 0.4) is 0 Å². The zero-order chi connectivity index (χ0) is 15.1. The average molecular weight is 296 g/mol. The van der Waals surface area contributed by atoms with Gasteiger partial charge < -0.3 is 9.47 Å². The van der Waals surface area contributed by atoms with Crippen molar-refractivity contribution in [3.8, 4) is 0 Å². The van der Waals surface area contributed by atoms with Crippen molar-refractivity contribution >= 4 is 5.91 Å². The van der Waals surface area contributed by atoms with E-state index in [1.807, 2.05) is 17.9 Å². The van der Waals surface area contributed by atoms with Gasteiger partial charge in [-0.25, -0.2) is 0 Å². The Bertz CT molecular complexity index is 721. The van der Waals surface area contributed by atoms with Gasteiger partial charge in [-0.1, -0.05) is 24.3 Å². The standard InChI is InChI=1S/C17H20N4O/c1-12-18-19-16-11-20(9-10-21(12)16)17(22)15-8-4-6-13-5-2-3-7-14(13)15/h2-3,5,7,15H,4,6,8-11H2,1H3/t15-/m0/s1. The van der Waals surface area contributed by atoms with E-state index < -0.39 is 0 Å².